The largest absolute Gasteiger partial charge is 0.224 e. The summed E-state index contributed by atoms with van der Waals surface area (Å²) < 4.78 is 51.3. The van der Waals surface area contributed by atoms with E-state index in [9.17, 15) is 0 Å². The van der Waals surface area contributed by atoms with Crippen LogP contribution in [0.25, 0.3) is 0 Å². The van der Waals surface area contributed by atoms with Crippen molar-refractivity contribution >= 4 is 23.2 Å². The molecule has 0 N–H and O–H groups in total. The maximum Gasteiger partial charge on any atom is 0.224 e. The summed E-state index contributed by atoms with van der Waals surface area (Å²) >= 11 is 11.0. The first-order valence-electron chi connectivity index (χ1n) is 6.10. The smallest absolute Gasteiger partial charge is 0.223 e. The lowest BCUT2D eigenvalue weighted by Crippen LogP contribution is -1.91. The minimum absolute atomic E-state index is 0.199. The second-order valence-corrected chi connectivity index (χ2v) is 2.32. The highest BCUT2D eigenvalue weighted by molar-refractivity contribution is 6.31. The first kappa shape index (κ1) is 3.19. The number of aryl methyl sites for hydroxylation is 1. The number of nitrogens with zero attached hydrogens (tertiary/aromatic N) is 2. The Morgan fingerprint density at radius 3 is 3.09 bits per heavy atom. The minimum Gasteiger partial charge on any atom is -0.223 e. The van der Waals surface area contributed by atoms with E-state index in [0.717, 1.165) is 6.07 Å². The minimum atomic E-state index is -3.17. The van der Waals surface area contributed by atoms with Gasteiger partial charge in [-0.05, 0) is 24.0 Å². The van der Waals surface area contributed by atoms with Crippen molar-refractivity contribution in [1.29, 1.82) is 0 Å². The second-order valence-electron chi connectivity index (χ2n) is 1.59. The first-order valence-corrected chi connectivity index (χ1v) is 3.36. The van der Waals surface area contributed by atoms with Gasteiger partial charge in [-0.15, -0.1) is 0 Å². The zero-order chi connectivity index (χ0) is 14.4. The Hall–Kier alpha value is -0.340. The zero-order valence-corrected chi connectivity index (χ0v) is 6.74. The van der Waals surface area contributed by atoms with Crippen molar-refractivity contribution in [3.63, 3.8) is 0 Å². The molecule has 0 aliphatic carbocycles. The van der Waals surface area contributed by atoms with Gasteiger partial charge in [-0.1, -0.05) is 24.8 Å². The summed E-state index contributed by atoms with van der Waals surface area (Å²) in [5, 5.41) is -0.585. The van der Waals surface area contributed by atoms with Crippen molar-refractivity contribution in [3.8, 4) is 0 Å². The van der Waals surface area contributed by atoms with Crippen molar-refractivity contribution in [2.75, 3.05) is 0 Å². The third-order valence-electron chi connectivity index (χ3n) is 0.858. The molecule has 0 atom stereocenters. The van der Waals surface area contributed by atoms with Gasteiger partial charge in [-0.3, -0.25) is 0 Å². The van der Waals surface area contributed by atoms with E-state index in [2.05, 4.69) is 9.97 Å². The maximum absolute atomic E-state index is 7.64. The average molecular weight is 198 g/mol. The van der Waals surface area contributed by atoms with Crippen LogP contribution in [0.1, 0.15) is 28.5 Å². The second kappa shape index (κ2) is 3.88. The molecule has 1 aromatic heterocycles. The van der Waals surface area contributed by atoms with E-state index >= 15 is 0 Å². The number of hydrogen-bond acceptors (Lipinski definition) is 2. The summed E-state index contributed by atoms with van der Waals surface area (Å²) in [7, 11) is 0. The van der Waals surface area contributed by atoms with Gasteiger partial charge in [0.25, 0.3) is 0 Å². The van der Waals surface area contributed by atoms with E-state index in [1.165, 1.54) is 0 Å². The topological polar surface area (TPSA) is 25.8 Å². The van der Waals surface area contributed by atoms with Crippen LogP contribution >= 0.6 is 23.2 Å². The molecule has 60 valence electrons. The molecule has 11 heavy (non-hydrogen) atoms. The third kappa shape index (κ3) is 2.64. The molecule has 0 aromatic carbocycles. The molecule has 4 heteroatoms. The van der Waals surface area contributed by atoms with Gasteiger partial charge in [0.1, 0.15) is 5.15 Å². The van der Waals surface area contributed by atoms with E-state index in [0.29, 0.717) is 0 Å². The van der Waals surface area contributed by atoms with Gasteiger partial charge in [0.15, 0.2) is 0 Å². The highest BCUT2D eigenvalue weighted by Gasteiger charge is 1.98. The van der Waals surface area contributed by atoms with E-state index in [4.69, 9.17) is 32.8 Å². The van der Waals surface area contributed by atoms with Crippen LogP contribution in [0, 0.1) is 0 Å². The van der Waals surface area contributed by atoms with Crippen molar-refractivity contribution < 1.29 is 9.60 Å². The molecule has 0 fully saturated rings. The van der Waals surface area contributed by atoms with Crippen LogP contribution in [0.5, 0.6) is 0 Å². The normalized spacial score (nSPS) is 23.3. The summed E-state index contributed by atoms with van der Waals surface area (Å²) in [6.07, 6.45) is -6.05. The van der Waals surface area contributed by atoms with E-state index in [1.807, 2.05) is 0 Å². The fraction of sp³-hybridized carbons (Fsp3) is 0.429. The SMILES string of the molecule is [2H]C([2H])([2H])C([2H])([2H])C([2H])([2H])c1cc(Cl)nc(Cl)n1. The van der Waals surface area contributed by atoms with Gasteiger partial charge in [-0.2, -0.15) is 0 Å². The number of rotatable bonds is 2. The molecule has 0 bridgehead atoms. The van der Waals surface area contributed by atoms with Crippen molar-refractivity contribution in [3.05, 3.63) is 22.2 Å². The molecule has 0 spiro atoms. The molecule has 0 saturated carbocycles. The number of aromatic nitrogens is 2. The molecule has 0 aliphatic heterocycles. The Bertz CT molecular complexity index is 439. The third-order valence-corrected chi connectivity index (χ3v) is 1.22. The Morgan fingerprint density at radius 2 is 2.45 bits per heavy atom. The van der Waals surface area contributed by atoms with E-state index < -0.39 is 25.3 Å². The summed E-state index contributed by atoms with van der Waals surface area (Å²) in [6.45, 7) is -3.17. The van der Waals surface area contributed by atoms with Gasteiger partial charge in [0, 0.05) is 15.3 Å². The molecule has 2 nitrogen and oxygen atoms in total. The number of halogens is 2. The van der Waals surface area contributed by atoms with Gasteiger partial charge >= 0.3 is 0 Å². The highest BCUT2D eigenvalue weighted by atomic mass is 35.5. The molecule has 1 aromatic rings. The van der Waals surface area contributed by atoms with Crippen molar-refractivity contribution in [2.24, 2.45) is 0 Å². The molecule has 1 heterocycles. The molecule has 1 rings (SSSR count). The summed E-state index contributed by atoms with van der Waals surface area (Å²) in [4.78, 5) is 6.97. The van der Waals surface area contributed by atoms with Crippen LogP contribution in [0.4, 0.5) is 0 Å². The predicted octanol–water partition coefficient (Wildman–Crippen LogP) is 2.74. The van der Waals surface area contributed by atoms with Gasteiger partial charge in [0.2, 0.25) is 5.28 Å². The van der Waals surface area contributed by atoms with Crippen LogP contribution in [-0.4, -0.2) is 9.97 Å². The van der Waals surface area contributed by atoms with Gasteiger partial charge in [-0.25, -0.2) is 9.97 Å². The van der Waals surface area contributed by atoms with Crippen LogP contribution in [0.15, 0.2) is 6.07 Å². The molecular formula is C7H8Cl2N2. The van der Waals surface area contributed by atoms with Crippen molar-refractivity contribution in [2.45, 2.75) is 19.6 Å². The Kier molecular flexibility index (Phi) is 1.13. The van der Waals surface area contributed by atoms with Crippen molar-refractivity contribution in [1.82, 2.24) is 9.97 Å². The molecule has 0 saturated heterocycles. The summed E-state index contributed by atoms with van der Waals surface area (Å²) in [5.41, 5.74) is -0.520. The molecular weight excluding hydrogens is 183 g/mol. The highest BCUT2D eigenvalue weighted by Crippen LogP contribution is 2.11. The molecule has 0 radical (unpaired) electrons. The Balaban J connectivity index is 3.37. The first-order chi connectivity index (χ1) is 7.89. The molecule has 0 aliphatic rings. The average Bonchev–Trinajstić information content (AvgIpc) is 2.13. The predicted molar refractivity (Wildman–Crippen MR) is 46.0 cm³/mol. The fourth-order valence-electron chi connectivity index (χ4n) is 0.518. The van der Waals surface area contributed by atoms with E-state index in [-0.39, 0.29) is 10.4 Å². The van der Waals surface area contributed by atoms with Gasteiger partial charge in [0.05, 0.1) is 0 Å². The van der Waals surface area contributed by atoms with Gasteiger partial charge < -0.3 is 0 Å². The standard InChI is InChI=1S/C7H8Cl2N2/c1-2-3-5-4-6(8)11-7(9)10-5/h4H,2-3H2,1H3/i1D3,2D2,3D2. The summed E-state index contributed by atoms with van der Waals surface area (Å²) in [6, 6.07) is 0.941. The lowest BCUT2D eigenvalue weighted by molar-refractivity contribution is 0.873. The Labute approximate surface area is 85.4 Å². The number of hydrogen-bond donors (Lipinski definition) is 0. The molecule has 0 amide bonds. The lowest BCUT2D eigenvalue weighted by Gasteiger charge is -1.97. The quantitative estimate of drug-likeness (QED) is 0.539. The zero-order valence-electron chi connectivity index (χ0n) is 12.2. The lowest BCUT2D eigenvalue weighted by atomic mass is 10.2. The summed E-state index contributed by atoms with van der Waals surface area (Å²) in [5.74, 6) is 0. The Morgan fingerprint density at radius 1 is 1.64 bits per heavy atom. The molecule has 0 unspecified atom stereocenters. The maximum atomic E-state index is 7.64. The van der Waals surface area contributed by atoms with Crippen LogP contribution in [0.3, 0.4) is 0 Å². The monoisotopic (exact) mass is 197 g/mol. The fourth-order valence-corrected chi connectivity index (χ4v) is 0.927. The van der Waals surface area contributed by atoms with Crippen LogP contribution in [0.2, 0.25) is 10.4 Å². The van der Waals surface area contributed by atoms with Crippen LogP contribution in [-0.2, 0) is 6.37 Å². The van der Waals surface area contributed by atoms with E-state index in [1.54, 1.807) is 0 Å². The van der Waals surface area contributed by atoms with Crippen LogP contribution < -0.4 is 0 Å².